The Hall–Kier alpha value is -0.470. The fraction of sp³-hybridized carbons (Fsp3) is 0.750. The van der Waals surface area contributed by atoms with Crippen molar-refractivity contribution in [2.24, 2.45) is 0 Å². The number of hydrogen-bond donors (Lipinski definition) is 1. The van der Waals surface area contributed by atoms with Crippen molar-refractivity contribution in [1.82, 2.24) is 0 Å². The third kappa shape index (κ3) is 9.44. The Morgan fingerprint density at radius 2 is 2.08 bits per heavy atom. The number of unbranched alkanes of at least 4 members (excludes halogenated alkanes) is 1. The summed E-state index contributed by atoms with van der Waals surface area (Å²) in [6, 6.07) is 0. The van der Waals surface area contributed by atoms with Crippen LogP contribution < -0.4 is 0 Å². The minimum Gasteiger partial charge on any atom is -0.491 e. The highest BCUT2D eigenvalue weighted by atomic mass is 31.1. The molecule has 0 aromatic rings. The quantitative estimate of drug-likeness (QED) is 0.375. The zero-order valence-electron chi connectivity index (χ0n) is 7.86. The fourth-order valence-electron chi connectivity index (χ4n) is 0.709. The Labute approximate surface area is 79.3 Å². The summed E-state index contributed by atoms with van der Waals surface area (Å²) in [5.41, 5.74) is 0. The molecule has 0 aliphatic heterocycles. The van der Waals surface area contributed by atoms with E-state index in [0.29, 0.717) is 0 Å². The monoisotopic (exact) mass is 208 g/mol. The molecular formula is C8H17O4P. The smallest absolute Gasteiger partial charge is 0.185 e. The predicted octanol–water partition coefficient (Wildman–Crippen LogP) is 1.76. The standard InChI is InChI=1S/C8H17O4P/c1-2-3-6-13(10)8-12-5-4-11-7-9/h4-5,9,13H,2-3,6-8H2,1H3/b5-4-. The van der Waals surface area contributed by atoms with Crippen LogP contribution in [0.3, 0.4) is 0 Å². The largest absolute Gasteiger partial charge is 0.491 e. The highest BCUT2D eigenvalue weighted by Crippen LogP contribution is 2.21. The van der Waals surface area contributed by atoms with Crippen LogP contribution in [0.2, 0.25) is 0 Å². The van der Waals surface area contributed by atoms with E-state index in [2.05, 4.69) is 11.7 Å². The maximum absolute atomic E-state index is 11.2. The molecule has 0 aromatic carbocycles. The molecule has 0 spiro atoms. The summed E-state index contributed by atoms with van der Waals surface area (Å²) in [6.45, 7) is 1.69. The van der Waals surface area contributed by atoms with Crippen LogP contribution in [0.4, 0.5) is 0 Å². The van der Waals surface area contributed by atoms with Crippen LogP contribution in [0.15, 0.2) is 12.5 Å². The number of aliphatic hydroxyl groups is 1. The summed E-state index contributed by atoms with van der Waals surface area (Å²) >= 11 is 0. The molecule has 0 radical (unpaired) electrons. The zero-order valence-corrected chi connectivity index (χ0v) is 8.86. The molecule has 0 bridgehead atoms. The third-order valence-corrected chi connectivity index (χ3v) is 2.78. The van der Waals surface area contributed by atoms with Crippen molar-refractivity contribution in [3.8, 4) is 0 Å². The van der Waals surface area contributed by atoms with Gasteiger partial charge in [0, 0.05) is 6.16 Å². The maximum Gasteiger partial charge on any atom is 0.185 e. The lowest BCUT2D eigenvalue weighted by atomic mass is 10.4. The first kappa shape index (κ1) is 12.5. The average Bonchev–Trinajstić information content (AvgIpc) is 2.14. The lowest BCUT2D eigenvalue weighted by Crippen LogP contribution is -1.86. The molecule has 1 N–H and O–H groups in total. The van der Waals surface area contributed by atoms with Crippen molar-refractivity contribution in [3.05, 3.63) is 12.5 Å². The molecule has 1 atom stereocenters. The van der Waals surface area contributed by atoms with E-state index in [9.17, 15) is 4.57 Å². The molecule has 0 heterocycles. The van der Waals surface area contributed by atoms with E-state index >= 15 is 0 Å². The highest BCUT2D eigenvalue weighted by Gasteiger charge is 1.96. The van der Waals surface area contributed by atoms with Gasteiger partial charge in [0.25, 0.3) is 0 Å². The van der Waals surface area contributed by atoms with Crippen LogP contribution in [0.5, 0.6) is 0 Å². The molecule has 0 saturated heterocycles. The lowest BCUT2D eigenvalue weighted by molar-refractivity contribution is 0.0561. The van der Waals surface area contributed by atoms with Crippen molar-refractivity contribution >= 4 is 7.80 Å². The van der Waals surface area contributed by atoms with Gasteiger partial charge in [-0.1, -0.05) is 13.3 Å². The Kier molecular flexibility index (Phi) is 9.27. The van der Waals surface area contributed by atoms with Crippen LogP contribution >= 0.6 is 7.80 Å². The Morgan fingerprint density at radius 1 is 1.38 bits per heavy atom. The van der Waals surface area contributed by atoms with E-state index in [1.54, 1.807) is 0 Å². The van der Waals surface area contributed by atoms with Crippen molar-refractivity contribution in [3.63, 3.8) is 0 Å². The van der Waals surface area contributed by atoms with Crippen molar-refractivity contribution in [1.29, 1.82) is 0 Å². The van der Waals surface area contributed by atoms with E-state index in [4.69, 9.17) is 9.84 Å². The summed E-state index contributed by atoms with van der Waals surface area (Å²) in [4.78, 5) is 0. The van der Waals surface area contributed by atoms with Gasteiger partial charge in [-0.25, -0.2) is 0 Å². The van der Waals surface area contributed by atoms with E-state index < -0.39 is 7.80 Å². The Balaban J connectivity index is 3.26. The van der Waals surface area contributed by atoms with Gasteiger partial charge < -0.3 is 19.1 Å². The molecule has 78 valence electrons. The normalized spacial score (nSPS) is 13.1. The molecule has 1 unspecified atom stereocenters. The second-order valence-corrected chi connectivity index (χ2v) is 4.39. The highest BCUT2D eigenvalue weighted by molar-refractivity contribution is 7.44. The minimum atomic E-state index is -1.58. The molecule has 0 aromatic heterocycles. The summed E-state index contributed by atoms with van der Waals surface area (Å²) in [6.07, 6.45) is 5.57. The Morgan fingerprint density at radius 3 is 2.69 bits per heavy atom. The van der Waals surface area contributed by atoms with Crippen LogP contribution in [-0.4, -0.2) is 24.4 Å². The molecule has 0 rings (SSSR count). The number of rotatable bonds is 8. The van der Waals surface area contributed by atoms with E-state index in [1.807, 2.05) is 0 Å². The van der Waals surface area contributed by atoms with Gasteiger partial charge in [-0.05, 0) is 6.42 Å². The first-order valence-electron chi connectivity index (χ1n) is 4.32. The number of ether oxygens (including phenoxy) is 2. The molecule has 0 aliphatic carbocycles. The summed E-state index contributed by atoms with van der Waals surface area (Å²) < 4.78 is 20.5. The molecule has 4 nitrogen and oxygen atoms in total. The summed E-state index contributed by atoms with van der Waals surface area (Å²) in [5, 5.41) is 8.21. The molecule has 0 amide bonds. The second kappa shape index (κ2) is 9.62. The van der Waals surface area contributed by atoms with Gasteiger partial charge in [-0.15, -0.1) is 0 Å². The van der Waals surface area contributed by atoms with Gasteiger partial charge in [0.05, 0.1) is 0 Å². The molecule has 5 heteroatoms. The lowest BCUT2D eigenvalue weighted by Gasteiger charge is -2.00. The van der Waals surface area contributed by atoms with Gasteiger partial charge >= 0.3 is 0 Å². The van der Waals surface area contributed by atoms with E-state index in [1.165, 1.54) is 12.5 Å². The van der Waals surface area contributed by atoms with Gasteiger partial charge in [0.1, 0.15) is 26.7 Å². The molecule has 0 fully saturated rings. The van der Waals surface area contributed by atoms with Gasteiger partial charge in [0.2, 0.25) is 0 Å². The van der Waals surface area contributed by atoms with Gasteiger partial charge in [-0.2, -0.15) is 0 Å². The summed E-state index contributed by atoms with van der Waals surface area (Å²) in [7, 11) is -1.58. The van der Waals surface area contributed by atoms with E-state index in [-0.39, 0.29) is 13.1 Å². The molecule has 13 heavy (non-hydrogen) atoms. The first-order chi connectivity index (χ1) is 6.31. The van der Waals surface area contributed by atoms with Crippen LogP contribution in [0, 0.1) is 0 Å². The molecule has 0 aliphatic rings. The zero-order chi connectivity index (χ0) is 9.94. The second-order valence-electron chi connectivity index (χ2n) is 2.52. The van der Waals surface area contributed by atoms with Gasteiger partial charge in [-0.3, -0.25) is 0 Å². The maximum atomic E-state index is 11.2. The number of hydrogen-bond acceptors (Lipinski definition) is 4. The van der Waals surface area contributed by atoms with Crippen molar-refractivity contribution in [2.45, 2.75) is 19.8 Å². The third-order valence-electron chi connectivity index (χ3n) is 1.38. The first-order valence-corrected chi connectivity index (χ1v) is 6.14. The van der Waals surface area contributed by atoms with Gasteiger partial charge in [0.15, 0.2) is 6.79 Å². The van der Waals surface area contributed by atoms with Crippen molar-refractivity contribution in [2.75, 3.05) is 19.3 Å². The minimum absolute atomic E-state index is 0.260. The van der Waals surface area contributed by atoms with E-state index in [0.717, 1.165) is 19.0 Å². The SMILES string of the molecule is CCCC[PH](=O)CO/C=C\OCO. The average molecular weight is 208 g/mol. The fourth-order valence-corrected chi connectivity index (χ4v) is 1.88. The van der Waals surface area contributed by atoms with Crippen LogP contribution in [-0.2, 0) is 14.0 Å². The Bertz CT molecular complexity index is 158. The molecule has 0 saturated carbocycles. The van der Waals surface area contributed by atoms with Crippen LogP contribution in [0.25, 0.3) is 0 Å². The number of aliphatic hydroxyl groups excluding tert-OH is 1. The van der Waals surface area contributed by atoms with Crippen LogP contribution in [0.1, 0.15) is 19.8 Å². The van der Waals surface area contributed by atoms with Crippen molar-refractivity contribution < 1.29 is 19.1 Å². The molecular weight excluding hydrogens is 191 g/mol. The topological polar surface area (TPSA) is 55.8 Å². The predicted molar refractivity (Wildman–Crippen MR) is 52.0 cm³/mol. The summed E-state index contributed by atoms with van der Waals surface area (Å²) in [5.74, 6) is 0.